The van der Waals surface area contributed by atoms with E-state index in [0.29, 0.717) is 5.69 Å². The summed E-state index contributed by atoms with van der Waals surface area (Å²) in [6.45, 7) is 0. The van der Waals surface area contributed by atoms with E-state index >= 15 is 0 Å². The molecule has 1 aromatic heterocycles. The predicted octanol–water partition coefficient (Wildman–Crippen LogP) is 0.862. The molecule has 1 heterocycles. The molecule has 2 rings (SSSR count). The first-order valence-corrected chi connectivity index (χ1v) is 5.96. The topological polar surface area (TPSA) is 105 Å². The zero-order valence-corrected chi connectivity index (χ0v) is 9.29. The number of anilines is 2. The maximum Gasteiger partial charge on any atom is 0.294 e. The minimum Gasteiger partial charge on any atom is -0.324 e. The summed E-state index contributed by atoms with van der Waals surface area (Å²) in [5.41, 5.74) is 0.450. The first kappa shape index (κ1) is 11.4. The highest BCUT2D eigenvalue weighted by atomic mass is 32.2. The van der Waals surface area contributed by atoms with E-state index < -0.39 is 10.1 Å². The lowest BCUT2D eigenvalue weighted by Crippen LogP contribution is -2.00. The molecule has 88 valence electrons. The summed E-state index contributed by atoms with van der Waals surface area (Å²) in [6.07, 6.45) is 2.62. The third-order valence-electron chi connectivity index (χ3n) is 1.88. The van der Waals surface area contributed by atoms with Crippen molar-refractivity contribution in [3.63, 3.8) is 0 Å². The molecule has 1 aromatic carbocycles. The van der Waals surface area contributed by atoms with Gasteiger partial charge >= 0.3 is 0 Å². The summed E-state index contributed by atoms with van der Waals surface area (Å²) in [5.74, 6) is 0.285. The van der Waals surface area contributed by atoms with Gasteiger partial charge in [-0.2, -0.15) is 8.42 Å². The number of aromatic nitrogens is 3. The highest BCUT2D eigenvalue weighted by Crippen LogP contribution is 2.17. The van der Waals surface area contributed by atoms with Gasteiger partial charge < -0.3 is 5.32 Å². The average molecular weight is 252 g/mol. The van der Waals surface area contributed by atoms with E-state index in [1.165, 1.54) is 30.9 Å². The van der Waals surface area contributed by atoms with Crippen LogP contribution in [-0.4, -0.2) is 27.9 Å². The van der Waals surface area contributed by atoms with Crippen LogP contribution in [0.2, 0.25) is 0 Å². The average Bonchev–Trinajstić information content (AvgIpc) is 2.29. The van der Waals surface area contributed by atoms with Gasteiger partial charge in [0.2, 0.25) is 5.95 Å². The van der Waals surface area contributed by atoms with E-state index in [4.69, 9.17) is 4.55 Å². The molecule has 2 aromatic rings. The Balaban J connectivity index is 2.29. The second-order valence-corrected chi connectivity index (χ2v) is 4.51. The highest BCUT2D eigenvalue weighted by molar-refractivity contribution is 7.85. The third kappa shape index (κ3) is 2.95. The summed E-state index contributed by atoms with van der Waals surface area (Å²) in [6, 6.07) is 5.68. The monoisotopic (exact) mass is 252 g/mol. The van der Waals surface area contributed by atoms with Crippen molar-refractivity contribution < 1.29 is 13.0 Å². The summed E-state index contributed by atoms with van der Waals surface area (Å²) in [7, 11) is -4.21. The summed E-state index contributed by atoms with van der Waals surface area (Å²) < 4.78 is 30.7. The van der Waals surface area contributed by atoms with Crippen LogP contribution in [0.5, 0.6) is 0 Å². The first-order valence-electron chi connectivity index (χ1n) is 4.52. The van der Waals surface area contributed by atoms with Crippen molar-refractivity contribution in [1.29, 1.82) is 0 Å². The summed E-state index contributed by atoms with van der Waals surface area (Å²) >= 11 is 0. The first-order chi connectivity index (χ1) is 8.05. The SMILES string of the molecule is O=S(=O)(O)c1cccc(Nc2ncncn2)c1. The molecule has 0 radical (unpaired) electrons. The van der Waals surface area contributed by atoms with Crippen LogP contribution in [0.25, 0.3) is 0 Å². The number of benzene rings is 1. The minimum absolute atomic E-state index is 0.198. The summed E-state index contributed by atoms with van der Waals surface area (Å²) in [5, 5.41) is 2.78. The van der Waals surface area contributed by atoms with Crippen molar-refractivity contribution in [3.8, 4) is 0 Å². The standard InChI is InChI=1S/C9H8N4O3S/c14-17(15,16)8-3-1-2-7(4-8)13-9-11-5-10-6-12-9/h1-6H,(H,14,15,16)(H,10,11,12,13). The van der Waals surface area contributed by atoms with Gasteiger partial charge in [0.15, 0.2) is 0 Å². The van der Waals surface area contributed by atoms with E-state index in [9.17, 15) is 8.42 Å². The van der Waals surface area contributed by atoms with Crippen LogP contribution in [0.15, 0.2) is 41.8 Å². The van der Waals surface area contributed by atoms with E-state index in [0.717, 1.165) is 0 Å². The van der Waals surface area contributed by atoms with Gasteiger partial charge in [0.25, 0.3) is 10.1 Å². The van der Waals surface area contributed by atoms with Gasteiger partial charge in [-0.25, -0.2) is 15.0 Å². The molecule has 0 aliphatic heterocycles. The quantitative estimate of drug-likeness (QED) is 0.780. The molecule has 2 N–H and O–H groups in total. The highest BCUT2D eigenvalue weighted by Gasteiger charge is 2.09. The van der Waals surface area contributed by atoms with Crippen molar-refractivity contribution in [3.05, 3.63) is 36.9 Å². The molecule has 0 saturated heterocycles. The second kappa shape index (κ2) is 4.44. The molecule has 0 aliphatic carbocycles. The molecule has 0 amide bonds. The van der Waals surface area contributed by atoms with Crippen LogP contribution in [-0.2, 0) is 10.1 Å². The Bertz CT molecular complexity index is 615. The van der Waals surface area contributed by atoms with Gasteiger partial charge in [0.1, 0.15) is 12.7 Å². The van der Waals surface area contributed by atoms with Crippen molar-refractivity contribution in [2.24, 2.45) is 0 Å². The zero-order chi connectivity index (χ0) is 12.3. The van der Waals surface area contributed by atoms with Crippen molar-refractivity contribution in [2.45, 2.75) is 4.90 Å². The van der Waals surface area contributed by atoms with Gasteiger partial charge in [0, 0.05) is 5.69 Å². The van der Waals surface area contributed by atoms with E-state index in [1.807, 2.05) is 0 Å². The summed E-state index contributed by atoms with van der Waals surface area (Å²) in [4.78, 5) is 11.1. The van der Waals surface area contributed by atoms with Gasteiger partial charge in [-0.3, -0.25) is 4.55 Å². The molecule has 0 saturated carbocycles. The van der Waals surface area contributed by atoms with Crippen LogP contribution in [0.4, 0.5) is 11.6 Å². The maximum atomic E-state index is 10.9. The van der Waals surface area contributed by atoms with Gasteiger partial charge in [-0.15, -0.1) is 0 Å². The minimum atomic E-state index is -4.21. The van der Waals surface area contributed by atoms with Gasteiger partial charge in [-0.1, -0.05) is 6.07 Å². The molecule has 8 heteroatoms. The van der Waals surface area contributed by atoms with Crippen molar-refractivity contribution >= 4 is 21.8 Å². The van der Waals surface area contributed by atoms with Crippen LogP contribution < -0.4 is 5.32 Å². The Morgan fingerprint density at radius 1 is 1.18 bits per heavy atom. The van der Waals surface area contributed by atoms with Crippen molar-refractivity contribution in [2.75, 3.05) is 5.32 Å². The molecular formula is C9H8N4O3S. The zero-order valence-electron chi connectivity index (χ0n) is 8.48. The number of rotatable bonds is 3. The predicted molar refractivity (Wildman–Crippen MR) is 59.4 cm³/mol. The van der Waals surface area contributed by atoms with E-state index in [-0.39, 0.29) is 10.8 Å². The molecule has 0 spiro atoms. The Hall–Kier alpha value is -2.06. The third-order valence-corrected chi connectivity index (χ3v) is 2.73. The molecule has 17 heavy (non-hydrogen) atoms. The fraction of sp³-hybridized carbons (Fsp3) is 0. The van der Waals surface area contributed by atoms with Crippen LogP contribution in [0.1, 0.15) is 0 Å². The molecule has 0 fully saturated rings. The van der Waals surface area contributed by atoms with Crippen LogP contribution in [0.3, 0.4) is 0 Å². The maximum absolute atomic E-state index is 10.9. The normalized spacial score (nSPS) is 11.1. The number of nitrogens with one attached hydrogen (secondary N) is 1. The smallest absolute Gasteiger partial charge is 0.294 e. The van der Waals surface area contributed by atoms with Gasteiger partial charge in [-0.05, 0) is 18.2 Å². The lowest BCUT2D eigenvalue weighted by atomic mass is 10.3. The Labute approximate surface area is 97.3 Å². The fourth-order valence-corrected chi connectivity index (χ4v) is 1.69. The molecule has 0 bridgehead atoms. The van der Waals surface area contributed by atoms with E-state index in [2.05, 4.69) is 20.3 Å². The molecular weight excluding hydrogens is 244 g/mol. The number of nitrogens with zero attached hydrogens (tertiary/aromatic N) is 3. The van der Waals surface area contributed by atoms with E-state index in [1.54, 1.807) is 6.07 Å². The lowest BCUT2D eigenvalue weighted by Gasteiger charge is -2.04. The Morgan fingerprint density at radius 2 is 1.88 bits per heavy atom. The molecule has 0 aliphatic rings. The fourth-order valence-electron chi connectivity index (χ4n) is 1.17. The van der Waals surface area contributed by atoms with Crippen LogP contribution in [0, 0.1) is 0 Å². The number of hydrogen-bond acceptors (Lipinski definition) is 6. The molecule has 7 nitrogen and oxygen atoms in total. The van der Waals surface area contributed by atoms with Crippen molar-refractivity contribution in [1.82, 2.24) is 15.0 Å². The lowest BCUT2D eigenvalue weighted by molar-refractivity contribution is 0.483. The van der Waals surface area contributed by atoms with Gasteiger partial charge in [0.05, 0.1) is 4.90 Å². The number of hydrogen-bond donors (Lipinski definition) is 2. The van der Waals surface area contributed by atoms with Crippen LogP contribution >= 0.6 is 0 Å². The Kier molecular flexibility index (Phi) is 2.98. The Morgan fingerprint density at radius 3 is 2.53 bits per heavy atom. The molecule has 0 unspecified atom stereocenters. The second-order valence-electron chi connectivity index (χ2n) is 3.09. The largest absolute Gasteiger partial charge is 0.324 e. The molecule has 0 atom stereocenters.